The molecule has 0 saturated carbocycles. The van der Waals surface area contributed by atoms with Crippen molar-refractivity contribution in [3.8, 4) is 0 Å². The number of hydrogen-bond donors (Lipinski definition) is 3. The zero-order valence-electron chi connectivity index (χ0n) is 25.4. The van der Waals surface area contributed by atoms with Crippen LogP contribution in [-0.4, -0.2) is 29.5 Å². The van der Waals surface area contributed by atoms with Crippen LogP contribution in [-0.2, 0) is 14.4 Å². The normalized spacial score (nSPS) is 13.4. The first-order valence-electron chi connectivity index (χ1n) is 14.9. The number of benzene rings is 4. The maximum atomic E-state index is 13.6. The van der Waals surface area contributed by atoms with Crippen LogP contribution in [0.5, 0.6) is 0 Å². The molecule has 6 rings (SSSR count). The van der Waals surface area contributed by atoms with Crippen LogP contribution in [0.2, 0.25) is 0 Å². The lowest BCUT2D eigenvalue weighted by atomic mass is 10.1. The second-order valence-corrected chi connectivity index (χ2v) is 11.7. The highest BCUT2D eigenvalue weighted by atomic mass is 32.2. The Morgan fingerprint density at radius 3 is 2.12 bits per heavy atom. The van der Waals surface area contributed by atoms with E-state index in [9.17, 15) is 19.2 Å². The molecule has 0 spiro atoms. The Balaban J connectivity index is 1.15. The number of amides is 4. The van der Waals surface area contributed by atoms with Gasteiger partial charge in [-0.2, -0.15) is 10.1 Å². The molecule has 48 heavy (non-hydrogen) atoms. The average Bonchev–Trinajstić information content (AvgIpc) is 3.77. The van der Waals surface area contributed by atoms with Crippen molar-refractivity contribution in [3.05, 3.63) is 156 Å². The molecule has 0 bridgehead atoms. The van der Waals surface area contributed by atoms with E-state index >= 15 is 0 Å². The smallest absolute Gasteiger partial charge is 0.272 e. The predicted molar refractivity (Wildman–Crippen MR) is 185 cm³/mol. The molecule has 1 aliphatic heterocycles. The molecule has 4 amide bonds. The molecule has 0 saturated heterocycles. The number of amidine groups is 1. The van der Waals surface area contributed by atoms with E-state index in [1.165, 1.54) is 29.1 Å². The topological polar surface area (TPSA) is 133 Å². The van der Waals surface area contributed by atoms with E-state index in [1.54, 1.807) is 78.9 Å². The predicted octanol–water partition coefficient (Wildman–Crippen LogP) is 6.39. The molecular formula is C37H29N5O5S. The molecule has 1 unspecified atom stereocenters. The molecule has 4 aromatic carbocycles. The Morgan fingerprint density at radius 2 is 1.46 bits per heavy atom. The molecule has 10 nitrogen and oxygen atoms in total. The van der Waals surface area contributed by atoms with Gasteiger partial charge in [-0.3, -0.25) is 19.2 Å². The summed E-state index contributed by atoms with van der Waals surface area (Å²) in [6.45, 7) is 0. The summed E-state index contributed by atoms with van der Waals surface area (Å²) < 4.78 is 5.36. The van der Waals surface area contributed by atoms with E-state index in [1.807, 2.05) is 48.5 Å². The van der Waals surface area contributed by atoms with E-state index < -0.39 is 17.1 Å². The van der Waals surface area contributed by atoms with Gasteiger partial charge in [-0.15, -0.1) is 11.8 Å². The molecule has 2 heterocycles. The van der Waals surface area contributed by atoms with Gasteiger partial charge in [0.25, 0.3) is 17.7 Å². The number of thioether (sulfide) groups is 1. The number of furan rings is 1. The quantitative estimate of drug-likeness (QED) is 0.118. The molecule has 0 aliphatic carbocycles. The second kappa shape index (κ2) is 14.9. The van der Waals surface area contributed by atoms with Crippen LogP contribution >= 0.6 is 11.8 Å². The summed E-state index contributed by atoms with van der Waals surface area (Å²) in [5, 5.41) is 13.3. The number of nitrogens with one attached hydrogen (secondary N) is 3. The number of carbonyl (C=O) groups is 4. The van der Waals surface area contributed by atoms with Gasteiger partial charge in [0.2, 0.25) is 5.91 Å². The van der Waals surface area contributed by atoms with Crippen LogP contribution in [0.4, 0.5) is 11.4 Å². The van der Waals surface area contributed by atoms with Crippen molar-refractivity contribution in [1.82, 2.24) is 10.6 Å². The molecule has 1 aromatic heterocycles. The van der Waals surface area contributed by atoms with E-state index in [2.05, 4.69) is 21.1 Å². The van der Waals surface area contributed by atoms with Gasteiger partial charge in [0.05, 0.1) is 18.4 Å². The van der Waals surface area contributed by atoms with E-state index in [0.29, 0.717) is 22.7 Å². The van der Waals surface area contributed by atoms with Crippen LogP contribution in [0, 0.1) is 0 Å². The third-order valence-corrected chi connectivity index (χ3v) is 8.38. The summed E-state index contributed by atoms with van der Waals surface area (Å²) in [5.41, 5.74) is 2.26. The first-order chi connectivity index (χ1) is 23.4. The molecule has 0 radical (unpaired) electrons. The number of carbonyl (C=O) groups excluding carboxylic acids is 4. The van der Waals surface area contributed by atoms with Crippen molar-refractivity contribution in [2.24, 2.45) is 5.10 Å². The van der Waals surface area contributed by atoms with Crippen LogP contribution in [0.25, 0.3) is 6.08 Å². The fourth-order valence-electron chi connectivity index (χ4n) is 4.79. The van der Waals surface area contributed by atoms with Crippen LogP contribution in [0.1, 0.15) is 33.4 Å². The maximum Gasteiger partial charge on any atom is 0.272 e. The van der Waals surface area contributed by atoms with Gasteiger partial charge in [-0.1, -0.05) is 66.7 Å². The summed E-state index contributed by atoms with van der Waals surface area (Å²) in [5.74, 6) is -0.889. The number of hydrogen-bond acceptors (Lipinski definition) is 7. The maximum absolute atomic E-state index is 13.6. The fourth-order valence-corrected chi connectivity index (χ4v) is 5.81. The number of rotatable bonds is 10. The molecule has 1 atom stereocenters. The zero-order valence-corrected chi connectivity index (χ0v) is 26.2. The first-order valence-corrected chi connectivity index (χ1v) is 15.8. The Kier molecular flexibility index (Phi) is 9.88. The van der Waals surface area contributed by atoms with Gasteiger partial charge in [0, 0.05) is 22.2 Å². The van der Waals surface area contributed by atoms with Gasteiger partial charge >= 0.3 is 0 Å². The molecule has 0 fully saturated rings. The van der Waals surface area contributed by atoms with E-state index in [0.717, 1.165) is 10.5 Å². The second-order valence-electron chi connectivity index (χ2n) is 10.5. The standard InChI is InChI=1S/C37H29N5O5S/c43-33-24-32(41-42(33)28-15-8-3-9-16-28)40-37(46)34(25-11-4-1-5-12-25)48-30-20-18-27(19-21-30)38-36(45)31(23-29-17-10-22-47-29)39-35(44)26-13-6-2-7-14-26/h1-23,34H,24H2,(H,38,45)(H,39,44)(H,40,41,46)/b31-23-. The molecule has 11 heteroatoms. The van der Waals surface area contributed by atoms with Crippen molar-refractivity contribution in [3.63, 3.8) is 0 Å². The van der Waals surface area contributed by atoms with E-state index in [-0.39, 0.29) is 29.8 Å². The lowest BCUT2D eigenvalue weighted by Crippen LogP contribution is -2.33. The Bertz CT molecular complexity index is 1960. The van der Waals surface area contributed by atoms with Crippen molar-refractivity contribution in [1.29, 1.82) is 0 Å². The highest BCUT2D eigenvalue weighted by Gasteiger charge is 2.29. The SMILES string of the molecule is O=C(Nc1ccc(SC(C(=O)NC2=NN(c3ccccc3)C(=O)C2)c2ccccc2)cc1)/C(=C/c1ccco1)NC(=O)c1ccccc1. The summed E-state index contributed by atoms with van der Waals surface area (Å²) in [4.78, 5) is 53.2. The average molecular weight is 656 g/mol. The fraction of sp³-hybridized carbons (Fsp3) is 0.0541. The molecule has 3 N–H and O–H groups in total. The lowest BCUT2D eigenvalue weighted by Gasteiger charge is -2.17. The molecule has 5 aromatic rings. The van der Waals surface area contributed by atoms with Crippen LogP contribution in [0.3, 0.4) is 0 Å². The summed E-state index contributed by atoms with van der Waals surface area (Å²) in [6.07, 6.45) is 2.90. The summed E-state index contributed by atoms with van der Waals surface area (Å²) >= 11 is 1.31. The van der Waals surface area contributed by atoms with Crippen molar-refractivity contribution >= 4 is 58.7 Å². The van der Waals surface area contributed by atoms with Crippen molar-refractivity contribution < 1.29 is 23.6 Å². The van der Waals surface area contributed by atoms with Gasteiger partial charge in [-0.25, -0.2) is 0 Å². The van der Waals surface area contributed by atoms with Crippen molar-refractivity contribution in [2.45, 2.75) is 16.6 Å². The van der Waals surface area contributed by atoms with E-state index in [4.69, 9.17) is 4.42 Å². The van der Waals surface area contributed by atoms with Gasteiger partial charge in [0.1, 0.15) is 22.5 Å². The minimum absolute atomic E-state index is 0.00259. The monoisotopic (exact) mass is 655 g/mol. The highest BCUT2D eigenvalue weighted by molar-refractivity contribution is 8.00. The van der Waals surface area contributed by atoms with Gasteiger partial charge in [0.15, 0.2) is 0 Å². The zero-order chi connectivity index (χ0) is 33.3. The summed E-state index contributed by atoms with van der Waals surface area (Å²) in [7, 11) is 0. The number of para-hydroxylation sites is 1. The lowest BCUT2D eigenvalue weighted by molar-refractivity contribution is -0.119. The molecular weight excluding hydrogens is 627 g/mol. The Labute approximate surface area is 280 Å². The molecule has 1 aliphatic rings. The Morgan fingerprint density at radius 1 is 0.792 bits per heavy atom. The van der Waals surface area contributed by atoms with Crippen LogP contribution < -0.4 is 21.0 Å². The Hall–Kier alpha value is -6.20. The summed E-state index contributed by atoms with van der Waals surface area (Å²) in [6, 6.07) is 37.2. The van der Waals surface area contributed by atoms with Crippen LogP contribution in [0.15, 0.2) is 154 Å². The third kappa shape index (κ3) is 7.95. The van der Waals surface area contributed by atoms with Gasteiger partial charge in [-0.05, 0) is 66.2 Å². The minimum Gasteiger partial charge on any atom is -0.465 e. The number of nitrogens with zero attached hydrogens (tertiary/aromatic N) is 2. The minimum atomic E-state index is -0.661. The molecule has 238 valence electrons. The largest absolute Gasteiger partial charge is 0.465 e. The van der Waals surface area contributed by atoms with Gasteiger partial charge < -0.3 is 20.4 Å². The number of hydrazone groups is 1. The number of anilines is 2. The van der Waals surface area contributed by atoms with Crippen molar-refractivity contribution in [2.75, 3.05) is 10.3 Å². The highest BCUT2D eigenvalue weighted by Crippen LogP contribution is 2.36. The third-order valence-electron chi connectivity index (χ3n) is 7.11. The first kappa shape index (κ1) is 31.8.